The van der Waals surface area contributed by atoms with Crippen LogP contribution in [0.1, 0.15) is 26.3 Å². The normalized spacial score (nSPS) is 10.4. The fourth-order valence-corrected chi connectivity index (χ4v) is 2.63. The zero-order valence-electron chi connectivity index (χ0n) is 14.5. The van der Waals surface area contributed by atoms with Gasteiger partial charge in [0.1, 0.15) is 0 Å². The molecule has 1 amide bonds. The fraction of sp³-hybridized carbons (Fsp3) is 0.158. The molecular weight excluding hydrogens is 332 g/mol. The van der Waals surface area contributed by atoms with Gasteiger partial charge in [0.05, 0.1) is 23.9 Å². The Bertz CT molecular complexity index is 949. The Morgan fingerprint density at radius 2 is 1.92 bits per heavy atom. The van der Waals surface area contributed by atoms with Crippen molar-refractivity contribution in [2.45, 2.75) is 6.54 Å². The quantitative estimate of drug-likeness (QED) is 0.713. The number of hydrogen-bond acceptors (Lipinski definition) is 5. The van der Waals surface area contributed by atoms with Crippen molar-refractivity contribution in [3.8, 4) is 11.3 Å². The molecule has 2 aromatic heterocycles. The lowest BCUT2D eigenvalue weighted by Gasteiger charge is -2.10. The number of nitrogens with one attached hydrogen (secondary N) is 1. The third-order valence-corrected chi connectivity index (χ3v) is 3.94. The highest BCUT2D eigenvalue weighted by atomic mass is 16.5. The van der Waals surface area contributed by atoms with Gasteiger partial charge in [-0.2, -0.15) is 5.10 Å². The molecule has 2 heterocycles. The molecule has 7 heteroatoms. The van der Waals surface area contributed by atoms with Crippen LogP contribution < -0.4 is 5.32 Å². The lowest BCUT2D eigenvalue weighted by molar-refractivity contribution is 0.0596. The Kier molecular flexibility index (Phi) is 5.07. The summed E-state index contributed by atoms with van der Waals surface area (Å²) in [5, 5.41) is 6.96. The maximum Gasteiger partial charge on any atom is 0.338 e. The van der Waals surface area contributed by atoms with Crippen molar-refractivity contribution in [1.82, 2.24) is 20.1 Å². The van der Waals surface area contributed by atoms with Crippen LogP contribution in [0, 0.1) is 0 Å². The number of aromatic nitrogens is 3. The van der Waals surface area contributed by atoms with Crippen molar-refractivity contribution in [2.75, 3.05) is 7.11 Å². The van der Waals surface area contributed by atoms with E-state index in [0.717, 1.165) is 16.8 Å². The Morgan fingerprint density at radius 3 is 2.62 bits per heavy atom. The van der Waals surface area contributed by atoms with Gasteiger partial charge in [-0.1, -0.05) is 12.1 Å². The van der Waals surface area contributed by atoms with Crippen LogP contribution in [0.4, 0.5) is 0 Å². The van der Waals surface area contributed by atoms with Gasteiger partial charge in [0.2, 0.25) is 0 Å². The molecule has 0 atom stereocenters. The number of carbonyl (C=O) groups is 2. The number of carbonyl (C=O) groups excluding carboxylic acids is 2. The maximum absolute atomic E-state index is 12.5. The van der Waals surface area contributed by atoms with E-state index in [9.17, 15) is 9.59 Å². The molecule has 0 fully saturated rings. The lowest BCUT2D eigenvalue weighted by atomic mass is 10.1. The van der Waals surface area contributed by atoms with Gasteiger partial charge in [0.15, 0.2) is 0 Å². The van der Waals surface area contributed by atoms with E-state index in [0.29, 0.717) is 0 Å². The number of rotatable bonds is 5. The molecule has 0 radical (unpaired) electrons. The Balaban J connectivity index is 1.75. The third-order valence-electron chi connectivity index (χ3n) is 3.94. The summed E-state index contributed by atoms with van der Waals surface area (Å²) in [7, 11) is 3.14. The van der Waals surface area contributed by atoms with E-state index < -0.39 is 5.97 Å². The van der Waals surface area contributed by atoms with Gasteiger partial charge in [-0.15, -0.1) is 0 Å². The topological polar surface area (TPSA) is 86.1 Å². The third kappa shape index (κ3) is 3.61. The first-order valence-corrected chi connectivity index (χ1v) is 7.98. The number of methoxy groups -OCH3 is 1. The predicted molar refractivity (Wildman–Crippen MR) is 95.4 cm³/mol. The lowest BCUT2D eigenvalue weighted by Crippen LogP contribution is -2.25. The van der Waals surface area contributed by atoms with Crippen molar-refractivity contribution < 1.29 is 14.3 Å². The number of aryl methyl sites for hydroxylation is 1. The predicted octanol–water partition coefficient (Wildman–Crippen LogP) is 2.20. The molecule has 0 bridgehead atoms. The van der Waals surface area contributed by atoms with Gasteiger partial charge in [-0.25, -0.2) is 4.79 Å². The number of hydrogen-bond donors (Lipinski definition) is 1. The van der Waals surface area contributed by atoms with Crippen molar-refractivity contribution in [1.29, 1.82) is 0 Å². The van der Waals surface area contributed by atoms with Gasteiger partial charge in [-0.05, 0) is 29.8 Å². The van der Waals surface area contributed by atoms with Crippen LogP contribution in [0.3, 0.4) is 0 Å². The molecule has 0 aliphatic heterocycles. The average Bonchev–Trinajstić information content (AvgIpc) is 3.11. The Labute approximate surface area is 150 Å². The number of amides is 1. The van der Waals surface area contributed by atoms with Crippen molar-refractivity contribution >= 4 is 11.9 Å². The largest absolute Gasteiger partial charge is 0.465 e. The van der Waals surface area contributed by atoms with Gasteiger partial charge < -0.3 is 10.1 Å². The van der Waals surface area contributed by atoms with Crippen LogP contribution in [-0.4, -0.2) is 33.8 Å². The summed E-state index contributed by atoms with van der Waals surface area (Å²) in [6.07, 6.45) is 5.15. The highest BCUT2D eigenvalue weighted by molar-refractivity contribution is 6.05. The van der Waals surface area contributed by atoms with Crippen LogP contribution in [0.2, 0.25) is 0 Å². The van der Waals surface area contributed by atoms with Crippen LogP contribution >= 0.6 is 0 Å². The van der Waals surface area contributed by atoms with E-state index >= 15 is 0 Å². The van der Waals surface area contributed by atoms with Gasteiger partial charge in [0, 0.05) is 37.7 Å². The number of esters is 1. The van der Waals surface area contributed by atoms with Crippen LogP contribution in [0.15, 0.2) is 55.0 Å². The van der Waals surface area contributed by atoms with Crippen molar-refractivity contribution in [3.05, 3.63) is 71.7 Å². The molecule has 0 aliphatic rings. The second kappa shape index (κ2) is 7.60. The van der Waals surface area contributed by atoms with Crippen LogP contribution in [0.5, 0.6) is 0 Å². The molecule has 132 valence electrons. The zero-order chi connectivity index (χ0) is 18.5. The number of benzene rings is 1. The van der Waals surface area contributed by atoms with E-state index in [1.165, 1.54) is 7.11 Å². The molecular formula is C19H18N4O3. The highest BCUT2D eigenvalue weighted by Gasteiger charge is 2.16. The molecule has 0 unspecified atom stereocenters. The molecule has 0 spiro atoms. The van der Waals surface area contributed by atoms with Gasteiger partial charge in [-0.3, -0.25) is 14.5 Å². The monoisotopic (exact) mass is 350 g/mol. The minimum absolute atomic E-state index is 0.231. The first-order chi connectivity index (χ1) is 12.6. The number of nitrogens with zero attached hydrogens (tertiary/aromatic N) is 3. The molecule has 0 saturated heterocycles. The molecule has 0 aliphatic carbocycles. The summed E-state index contributed by atoms with van der Waals surface area (Å²) in [6, 6.07) is 10.4. The van der Waals surface area contributed by atoms with Crippen molar-refractivity contribution in [3.63, 3.8) is 0 Å². The SMILES string of the molecule is COC(=O)c1ccccc1C(=O)NCc1cncc(-c2ccnn2C)c1. The van der Waals surface area contributed by atoms with E-state index in [-0.39, 0.29) is 23.6 Å². The fourth-order valence-electron chi connectivity index (χ4n) is 2.63. The summed E-state index contributed by atoms with van der Waals surface area (Å²) in [5.41, 5.74) is 3.19. The van der Waals surface area contributed by atoms with E-state index in [4.69, 9.17) is 4.74 Å². The minimum atomic E-state index is -0.546. The highest BCUT2D eigenvalue weighted by Crippen LogP contribution is 2.18. The van der Waals surface area contributed by atoms with Gasteiger partial charge >= 0.3 is 5.97 Å². The van der Waals surface area contributed by atoms with Gasteiger partial charge in [0.25, 0.3) is 5.91 Å². The molecule has 0 saturated carbocycles. The molecule has 7 nitrogen and oxygen atoms in total. The number of pyridine rings is 1. The average molecular weight is 350 g/mol. The summed E-state index contributed by atoms with van der Waals surface area (Å²) in [4.78, 5) is 28.5. The Morgan fingerprint density at radius 1 is 1.15 bits per heavy atom. The molecule has 3 rings (SSSR count). The van der Waals surface area contributed by atoms with E-state index in [1.54, 1.807) is 47.5 Å². The molecule has 3 aromatic rings. The molecule has 1 N–H and O–H groups in total. The smallest absolute Gasteiger partial charge is 0.338 e. The standard InChI is InChI=1S/C19H18N4O3/c1-23-17(7-8-22-23)14-9-13(10-20-12-14)11-21-18(24)15-5-3-4-6-16(15)19(25)26-2/h3-10,12H,11H2,1-2H3,(H,21,24). The summed E-state index contributed by atoms with van der Waals surface area (Å²) >= 11 is 0. The Hall–Kier alpha value is -3.48. The molecule has 1 aromatic carbocycles. The number of ether oxygens (including phenoxy) is 1. The van der Waals surface area contributed by atoms with E-state index in [2.05, 4.69) is 15.4 Å². The second-order valence-electron chi connectivity index (χ2n) is 5.64. The summed E-state index contributed by atoms with van der Waals surface area (Å²) in [6.45, 7) is 0.285. The summed E-state index contributed by atoms with van der Waals surface area (Å²) < 4.78 is 6.48. The van der Waals surface area contributed by atoms with Crippen LogP contribution in [-0.2, 0) is 18.3 Å². The maximum atomic E-state index is 12.5. The summed E-state index contributed by atoms with van der Waals surface area (Å²) in [5.74, 6) is -0.896. The minimum Gasteiger partial charge on any atom is -0.465 e. The van der Waals surface area contributed by atoms with Crippen molar-refractivity contribution in [2.24, 2.45) is 7.05 Å². The van der Waals surface area contributed by atoms with E-state index in [1.807, 2.05) is 19.2 Å². The first kappa shape index (κ1) is 17.3. The van der Waals surface area contributed by atoms with Crippen LogP contribution in [0.25, 0.3) is 11.3 Å². The first-order valence-electron chi connectivity index (χ1n) is 7.98. The second-order valence-corrected chi connectivity index (χ2v) is 5.64. The molecule has 26 heavy (non-hydrogen) atoms. The zero-order valence-corrected chi connectivity index (χ0v) is 14.5.